The molecule has 1 amide bonds. The molecule has 7 heteroatoms. The van der Waals surface area contributed by atoms with Gasteiger partial charge in [-0.15, -0.1) is 0 Å². The van der Waals surface area contributed by atoms with Crippen molar-refractivity contribution in [1.82, 2.24) is 14.5 Å². The third-order valence-electron chi connectivity index (χ3n) is 5.09. The maximum absolute atomic E-state index is 13.1. The molecule has 0 saturated heterocycles. The Morgan fingerprint density at radius 3 is 2.66 bits per heavy atom. The number of benzene rings is 2. The fraction of sp³-hybridized carbons (Fsp3) is 0.0909. The van der Waals surface area contributed by atoms with Crippen LogP contribution in [0.1, 0.15) is 21.6 Å². The first-order valence-corrected chi connectivity index (χ1v) is 9.46. The van der Waals surface area contributed by atoms with Gasteiger partial charge in [0.05, 0.1) is 23.4 Å². The second-order valence-electron chi connectivity index (χ2n) is 6.88. The Morgan fingerprint density at radius 2 is 1.90 bits per heavy atom. The summed E-state index contributed by atoms with van der Waals surface area (Å²) in [5.74, 6) is 0.157. The molecule has 1 aliphatic heterocycles. The minimum atomic E-state index is -0.482. The van der Waals surface area contributed by atoms with E-state index in [9.17, 15) is 9.59 Å². The Labute approximate surface area is 171 Å². The highest BCUT2D eigenvalue weighted by molar-refractivity contribution is 6.31. The smallest absolute Gasteiger partial charge is 0.287 e. The van der Waals surface area contributed by atoms with Gasteiger partial charge in [0.25, 0.3) is 5.91 Å². The molecule has 0 aliphatic carbocycles. The Bertz CT molecular complexity index is 1350. The van der Waals surface area contributed by atoms with Crippen molar-refractivity contribution in [3.63, 3.8) is 0 Å². The van der Waals surface area contributed by atoms with Crippen LogP contribution in [0, 0.1) is 6.92 Å². The number of carbonyl (C=O) groups excluding carboxylic acids is 1. The molecular formula is C22H15ClN4O2. The van der Waals surface area contributed by atoms with E-state index in [1.807, 2.05) is 25.1 Å². The first-order chi connectivity index (χ1) is 14.0. The van der Waals surface area contributed by atoms with E-state index < -0.39 is 5.69 Å². The largest absolute Gasteiger partial charge is 0.354 e. The normalized spacial score (nSPS) is 12.6. The fourth-order valence-electron chi connectivity index (χ4n) is 3.80. The van der Waals surface area contributed by atoms with Gasteiger partial charge in [0.1, 0.15) is 0 Å². The minimum Gasteiger partial charge on any atom is -0.287 e. The van der Waals surface area contributed by atoms with Crippen LogP contribution in [0.2, 0.25) is 5.02 Å². The van der Waals surface area contributed by atoms with Crippen LogP contribution in [0.4, 0.5) is 5.82 Å². The monoisotopic (exact) mass is 402 g/mol. The highest BCUT2D eigenvalue weighted by Gasteiger charge is 2.31. The summed E-state index contributed by atoms with van der Waals surface area (Å²) in [7, 11) is 0. The standard InChI is InChI=1S/C22H15ClN4O2/c1-13-17(8-5-9-24-13)27-18-11-16(23)10-15-12-26(20(19(15)18)25-22(27)29)21(28)14-6-3-2-4-7-14/h2-11H,12H2,1H3. The Morgan fingerprint density at radius 1 is 1.10 bits per heavy atom. The molecule has 1 aliphatic rings. The van der Waals surface area contributed by atoms with Crippen molar-refractivity contribution in [1.29, 1.82) is 0 Å². The number of halogens is 1. The minimum absolute atomic E-state index is 0.207. The van der Waals surface area contributed by atoms with Crippen molar-refractivity contribution in [2.45, 2.75) is 13.5 Å². The molecule has 0 bridgehead atoms. The maximum Gasteiger partial charge on any atom is 0.354 e. The van der Waals surface area contributed by atoms with Crippen molar-refractivity contribution in [3.05, 3.63) is 93.1 Å². The van der Waals surface area contributed by atoms with E-state index in [4.69, 9.17) is 11.6 Å². The van der Waals surface area contributed by atoms with Gasteiger partial charge in [-0.25, -0.2) is 4.79 Å². The van der Waals surface area contributed by atoms with Crippen molar-refractivity contribution < 1.29 is 4.79 Å². The van der Waals surface area contributed by atoms with Crippen LogP contribution >= 0.6 is 11.6 Å². The molecule has 6 nitrogen and oxygen atoms in total. The van der Waals surface area contributed by atoms with Crippen molar-refractivity contribution in [2.24, 2.45) is 0 Å². The summed E-state index contributed by atoms with van der Waals surface area (Å²) in [5.41, 5.74) is 2.86. The van der Waals surface area contributed by atoms with Crippen molar-refractivity contribution in [3.8, 4) is 5.69 Å². The van der Waals surface area contributed by atoms with Gasteiger partial charge in [-0.1, -0.05) is 29.8 Å². The van der Waals surface area contributed by atoms with Crippen LogP contribution in [0.3, 0.4) is 0 Å². The maximum atomic E-state index is 13.1. The molecule has 0 fully saturated rings. The van der Waals surface area contributed by atoms with Crippen molar-refractivity contribution >= 4 is 34.2 Å². The van der Waals surface area contributed by atoms with Gasteiger partial charge in [0, 0.05) is 22.2 Å². The zero-order chi connectivity index (χ0) is 20.1. The average molecular weight is 403 g/mol. The molecule has 5 rings (SSSR count). The van der Waals surface area contributed by atoms with Crippen LogP contribution < -0.4 is 10.6 Å². The summed E-state index contributed by atoms with van der Waals surface area (Å²) >= 11 is 6.37. The highest BCUT2D eigenvalue weighted by atomic mass is 35.5. The zero-order valence-corrected chi connectivity index (χ0v) is 16.2. The predicted molar refractivity (Wildman–Crippen MR) is 112 cm³/mol. The molecule has 2 aromatic carbocycles. The Hall–Kier alpha value is -3.51. The number of anilines is 1. The van der Waals surface area contributed by atoms with Crippen LogP contribution in [-0.2, 0) is 6.54 Å². The van der Waals surface area contributed by atoms with Gasteiger partial charge >= 0.3 is 5.69 Å². The van der Waals surface area contributed by atoms with Gasteiger partial charge in [0.15, 0.2) is 5.82 Å². The molecule has 0 spiro atoms. The second-order valence-corrected chi connectivity index (χ2v) is 7.31. The fourth-order valence-corrected chi connectivity index (χ4v) is 4.03. The molecule has 0 unspecified atom stereocenters. The third kappa shape index (κ3) is 2.72. The number of hydrogen-bond donors (Lipinski definition) is 0. The highest BCUT2D eigenvalue weighted by Crippen LogP contribution is 2.38. The summed E-state index contributed by atoms with van der Waals surface area (Å²) in [5, 5.41) is 1.25. The Balaban J connectivity index is 1.78. The zero-order valence-electron chi connectivity index (χ0n) is 15.5. The lowest BCUT2D eigenvalue weighted by molar-refractivity contribution is 0.0986. The first-order valence-electron chi connectivity index (χ1n) is 9.08. The molecular weight excluding hydrogens is 388 g/mol. The van der Waals surface area contributed by atoms with Gasteiger partial charge < -0.3 is 0 Å². The predicted octanol–water partition coefficient (Wildman–Crippen LogP) is 3.90. The quantitative estimate of drug-likeness (QED) is 0.510. The van der Waals surface area contributed by atoms with Crippen LogP contribution in [-0.4, -0.2) is 20.4 Å². The molecule has 2 aromatic heterocycles. The van der Waals surface area contributed by atoms with Crippen LogP contribution in [0.15, 0.2) is 65.6 Å². The van der Waals surface area contributed by atoms with Gasteiger partial charge in [-0.2, -0.15) is 4.98 Å². The molecule has 0 saturated carbocycles. The topological polar surface area (TPSA) is 68.1 Å². The van der Waals surface area contributed by atoms with E-state index in [0.29, 0.717) is 39.8 Å². The van der Waals surface area contributed by atoms with E-state index in [-0.39, 0.29) is 5.91 Å². The van der Waals surface area contributed by atoms with Crippen LogP contribution in [0.25, 0.3) is 16.6 Å². The van der Waals surface area contributed by atoms with Gasteiger partial charge in [-0.05, 0) is 48.9 Å². The third-order valence-corrected chi connectivity index (χ3v) is 5.31. The average Bonchev–Trinajstić information content (AvgIpc) is 3.07. The number of aryl methyl sites for hydroxylation is 1. The van der Waals surface area contributed by atoms with Gasteiger partial charge in [0.2, 0.25) is 0 Å². The number of amides is 1. The van der Waals surface area contributed by atoms with E-state index >= 15 is 0 Å². The summed E-state index contributed by atoms with van der Waals surface area (Å²) < 4.78 is 1.51. The number of aromatic nitrogens is 3. The van der Waals surface area contributed by atoms with E-state index in [1.54, 1.807) is 42.6 Å². The summed E-state index contributed by atoms with van der Waals surface area (Å²) in [6.45, 7) is 2.14. The SMILES string of the molecule is Cc1ncccc1-n1c(=O)nc2c3c(cc(Cl)cc31)CN2C(=O)c1ccccc1. The molecule has 0 N–H and O–H groups in total. The van der Waals surface area contributed by atoms with E-state index in [1.165, 1.54) is 9.47 Å². The summed E-state index contributed by atoms with van der Waals surface area (Å²) in [6, 6.07) is 16.1. The molecule has 29 heavy (non-hydrogen) atoms. The molecule has 4 aromatic rings. The number of nitrogens with zero attached hydrogens (tertiary/aromatic N) is 4. The van der Waals surface area contributed by atoms with E-state index in [2.05, 4.69) is 9.97 Å². The number of pyridine rings is 1. The summed E-state index contributed by atoms with van der Waals surface area (Å²) in [6.07, 6.45) is 1.67. The summed E-state index contributed by atoms with van der Waals surface area (Å²) in [4.78, 5) is 36.2. The second kappa shape index (κ2) is 6.53. The lowest BCUT2D eigenvalue weighted by atomic mass is 10.1. The van der Waals surface area contributed by atoms with Gasteiger partial charge in [-0.3, -0.25) is 19.2 Å². The first kappa shape index (κ1) is 17.6. The molecule has 0 radical (unpaired) electrons. The lowest BCUT2D eigenvalue weighted by Crippen LogP contribution is -2.31. The molecule has 3 heterocycles. The number of hydrogen-bond acceptors (Lipinski definition) is 4. The van der Waals surface area contributed by atoms with Crippen LogP contribution in [0.5, 0.6) is 0 Å². The molecule has 0 atom stereocenters. The number of rotatable bonds is 2. The molecule has 142 valence electrons. The van der Waals surface area contributed by atoms with Crippen molar-refractivity contribution in [2.75, 3.05) is 4.90 Å². The Kier molecular flexibility index (Phi) is 3.96. The number of carbonyl (C=O) groups is 1. The lowest BCUT2D eigenvalue weighted by Gasteiger charge is -2.17. The van der Waals surface area contributed by atoms with E-state index in [0.717, 1.165) is 10.9 Å².